The molecule has 0 aliphatic heterocycles. The van der Waals surface area contributed by atoms with Crippen LogP contribution in [-0.2, 0) is 6.54 Å². The van der Waals surface area contributed by atoms with Crippen molar-refractivity contribution in [2.75, 3.05) is 11.4 Å². The van der Waals surface area contributed by atoms with Crippen LogP contribution in [0.1, 0.15) is 50.5 Å². The van der Waals surface area contributed by atoms with Gasteiger partial charge in [0, 0.05) is 24.8 Å². The molecule has 0 saturated heterocycles. The number of hydrogen-bond donors (Lipinski definition) is 1. The minimum absolute atomic E-state index is 0.645. The average Bonchev–Trinajstić information content (AvgIpc) is 3.31. The zero-order valence-electron chi connectivity index (χ0n) is 11.9. The van der Waals surface area contributed by atoms with Crippen molar-refractivity contribution in [1.82, 2.24) is 0 Å². The lowest BCUT2D eigenvalue weighted by atomic mass is 9.89. The van der Waals surface area contributed by atoms with Crippen LogP contribution in [-0.4, -0.2) is 12.6 Å². The van der Waals surface area contributed by atoms with Crippen LogP contribution in [0.15, 0.2) is 24.3 Å². The van der Waals surface area contributed by atoms with Crippen molar-refractivity contribution < 1.29 is 0 Å². The minimum Gasteiger partial charge on any atom is -0.368 e. The Morgan fingerprint density at radius 3 is 2.21 bits per heavy atom. The number of anilines is 1. The minimum atomic E-state index is 0.645. The highest BCUT2D eigenvalue weighted by Crippen LogP contribution is 2.34. The molecule has 2 heteroatoms. The molecule has 2 N–H and O–H groups in total. The molecule has 0 atom stereocenters. The Labute approximate surface area is 117 Å². The van der Waals surface area contributed by atoms with Gasteiger partial charge in [0.2, 0.25) is 0 Å². The third kappa shape index (κ3) is 3.30. The maximum atomic E-state index is 5.68. The molecule has 2 nitrogen and oxygen atoms in total. The zero-order chi connectivity index (χ0) is 13.1. The van der Waals surface area contributed by atoms with Crippen molar-refractivity contribution >= 4 is 5.69 Å². The van der Waals surface area contributed by atoms with Crippen molar-refractivity contribution in [1.29, 1.82) is 0 Å². The second-order valence-electron chi connectivity index (χ2n) is 6.26. The van der Waals surface area contributed by atoms with Crippen LogP contribution in [0, 0.1) is 5.92 Å². The molecule has 0 spiro atoms. The smallest absolute Gasteiger partial charge is 0.0368 e. The topological polar surface area (TPSA) is 29.3 Å². The second-order valence-corrected chi connectivity index (χ2v) is 6.26. The number of nitrogens with zero attached hydrogens (tertiary/aromatic N) is 1. The Morgan fingerprint density at radius 2 is 1.63 bits per heavy atom. The quantitative estimate of drug-likeness (QED) is 0.872. The van der Waals surface area contributed by atoms with Crippen LogP contribution in [0.5, 0.6) is 0 Å². The van der Waals surface area contributed by atoms with Gasteiger partial charge in [-0.15, -0.1) is 0 Å². The van der Waals surface area contributed by atoms with Gasteiger partial charge in [-0.25, -0.2) is 0 Å². The van der Waals surface area contributed by atoms with Gasteiger partial charge in [-0.3, -0.25) is 0 Å². The molecule has 0 amide bonds. The lowest BCUT2D eigenvalue weighted by Crippen LogP contribution is -2.32. The molecule has 2 aliphatic carbocycles. The van der Waals surface area contributed by atoms with Crippen LogP contribution in [0.4, 0.5) is 5.69 Å². The third-order valence-electron chi connectivity index (χ3n) is 4.67. The van der Waals surface area contributed by atoms with E-state index in [-0.39, 0.29) is 0 Å². The summed E-state index contributed by atoms with van der Waals surface area (Å²) >= 11 is 0. The lowest BCUT2D eigenvalue weighted by molar-refractivity contribution is 0.357. The highest BCUT2D eigenvalue weighted by molar-refractivity contribution is 5.49. The third-order valence-corrected chi connectivity index (χ3v) is 4.67. The molecular weight excluding hydrogens is 232 g/mol. The first kappa shape index (κ1) is 13.0. The van der Waals surface area contributed by atoms with Gasteiger partial charge in [-0.1, -0.05) is 31.4 Å². The Morgan fingerprint density at radius 1 is 0.947 bits per heavy atom. The summed E-state index contributed by atoms with van der Waals surface area (Å²) in [5.74, 6) is 0.920. The maximum Gasteiger partial charge on any atom is 0.0368 e. The maximum absolute atomic E-state index is 5.68. The number of hydrogen-bond acceptors (Lipinski definition) is 2. The van der Waals surface area contributed by atoms with Gasteiger partial charge < -0.3 is 10.6 Å². The average molecular weight is 258 g/mol. The first-order valence-corrected chi connectivity index (χ1v) is 7.92. The highest BCUT2D eigenvalue weighted by atomic mass is 15.2. The monoisotopic (exact) mass is 258 g/mol. The fraction of sp³-hybridized carbons (Fsp3) is 0.647. The van der Waals surface area contributed by atoms with Gasteiger partial charge in [0.15, 0.2) is 0 Å². The van der Waals surface area contributed by atoms with Gasteiger partial charge in [-0.05, 0) is 49.3 Å². The van der Waals surface area contributed by atoms with Gasteiger partial charge in [-0.2, -0.15) is 0 Å². The standard InChI is InChI=1S/C17H26N2/c18-12-14-6-8-16(9-7-14)19(17-10-11-17)13-15-4-2-1-3-5-15/h6-9,15,17H,1-5,10-13,18H2. The van der Waals surface area contributed by atoms with E-state index in [1.807, 2.05) is 0 Å². The summed E-state index contributed by atoms with van der Waals surface area (Å²) in [6.07, 6.45) is 9.96. The molecule has 0 radical (unpaired) electrons. The Balaban J connectivity index is 1.68. The predicted molar refractivity (Wildman–Crippen MR) is 81.3 cm³/mol. The van der Waals surface area contributed by atoms with E-state index in [9.17, 15) is 0 Å². The molecule has 0 bridgehead atoms. The summed E-state index contributed by atoms with van der Waals surface area (Å²) in [6.45, 7) is 1.92. The molecule has 104 valence electrons. The first-order valence-electron chi connectivity index (χ1n) is 7.92. The largest absolute Gasteiger partial charge is 0.368 e. The van der Waals surface area contributed by atoms with Crippen molar-refractivity contribution in [2.45, 2.75) is 57.5 Å². The molecule has 19 heavy (non-hydrogen) atoms. The van der Waals surface area contributed by atoms with E-state index in [0.29, 0.717) is 6.54 Å². The molecule has 1 aromatic carbocycles. The Kier molecular flexibility index (Phi) is 4.07. The van der Waals surface area contributed by atoms with Crippen LogP contribution in [0.2, 0.25) is 0 Å². The molecule has 0 heterocycles. The SMILES string of the molecule is NCc1ccc(N(CC2CCCCC2)C2CC2)cc1. The van der Waals surface area contributed by atoms with Gasteiger partial charge >= 0.3 is 0 Å². The predicted octanol–water partition coefficient (Wildman–Crippen LogP) is 3.69. The van der Waals surface area contributed by atoms with Gasteiger partial charge in [0.1, 0.15) is 0 Å². The summed E-state index contributed by atoms with van der Waals surface area (Å²) in [4.78, 5) is 2.66. The molecule has 0 aromatic heterocycles. The molecule has 2 fully saturated rings. The Bertz CT molecular complexity index is 388. The van der Waals surface area contributed by atoms with Gasteiger partial charge in [0.05, 0.1) is 0 Å². The molecule has 0 unspecified atom stereocenters. The molecule has 2 saturated carbocycles. The lowest BCUT2D eigenvalue weighted by Gasteiger charge is -2.31. The van der Waals surface area contributed by atoms with Gasteiger partial charge in [0.25, 0.3) is 0 Å². The van der Waals surface area contributed by atoms with E-state index in [4.69, 9.17) is 5.73 Å². The summed E-state index contributed by atoms with van der Waals surface area (Å²) in [6, 6.07) is 9.72. The fourth-order valence-corrected chi connectivity index (χ4v) is 3.32. The second kappa shape index (κ2) is 5.96. The summed E-state index contributed by atoms with van der Waals surface area (Å²) in [5.41, 5.74) is 8.33. The Hall–Kier alpha value is -1.02. The number of rotatable bonds is 5. The highest BCUT2D eigenvalue weighted by Gasteiger charge is 2.31. The number of benzene rings is 1. The van der Waals surface area contributed by atoms with E-state index in [0.717, 1.165) is 12.0 Å². The van der Waals surface area contributed by atoms with Crippen LogP contribution in [0.3, 0.4) is 0 Å². The fourth-order valence-electron chi connectivity index (χ4n) is 3.32. The normalized spacial score (nSPS) is 20.5. The van der Waals surface area contributed by atoms with E-state index in [1.54, 1.807) is 0 Å². The van der Waals surface area contributed by atoms with Crippen molar-refractivity contribution in [2.24, 2.45) is 11.7 Å². The molecular formula is C17H26N2. The summed E-state index contributed by atoms with van der Waals surface area (Å²) in [5, 5.41) is 0. The van der Waals surface area contributed by atoms with Crippen LogP contribution in [0.25, 0.3) is 0 Å². The van der Waals surface area contributed by atoms with Crippen molar-refractivity contribution in [3.05, 3.63) is 29.8 Å². The van der Waals surface area contributed by atoms with Crippen LogP contribution >= 0.6 is 0 Å². The number of nitrogens with two attached hydrogens (primary N) is 1. The van der Waals surface area contributed by atoms with Crippen molar-refractivity contribution in [3.63, 3.8) is 0 Å². The van der Waals surface area contributed by atoms with E-state index in [2.05, 4.69) is 29.2 Å². The first-order chi connectivity index (χ1) is 9.36. The zero-order valence-corrected chi connectivity index (χ0v) is 11.9. The van der Waals surface area contributed by atoms with Crippen molar-refractivity contribution in [3.8, 4) is 0 Å². The molecule has 1 aromatic rings. The summed E-state index contributed by atoms with van der Waals surface area (Å²) < 4.78 is 0. The summed E-state index contributed by atoms with van der Waals surface area (Å²) in [7, 11) is 0. The molecule has 3 rings (SSSR count). The molecule has 2 aliphatic rings. The van der Waals surface area contributed by atoms with E-state index >= 15 is 0 Å². The van der Waals surface area contributed by atoms with E-state index in [1.165, 1.54) is 62.7 Å². The van der Waals surface area contributed by atoms with E-state index < -0.39 is 0 Å². The van der Waals surface area contributed by atoms with Crippen LogP contribution < -0.4 is 10.6 Å².